The molecule has 0 spiro atoms. The highest BCUT2D eigenvalue weighted by molar-refractivity contribution is 6.98. The second-order valence-corrected chi connectivity index (χ2v) is 15.1. The van der Waals surface area contributed by atoms with E-state index >= 15 is 0 Å². The van der Waals surface area contributed by atoms with Crippen molar-refractivity contribution in [2.45, 2.75) is 63.8 Å². The van der Waals surface area contributed by atoms with Crippen LogP contribution in [-0.2, 0) is 4.74 Å². The lowest BCUT2D eigenvalue weighted by Crippen LogP contribution is -2.65. The van der Waals surface area contributed by atoms with Gasteiger partial charge in [0.2, 0.25) is 5.76 Å². The van der Waals surface area contributed by atoms with Crippen molar-refractivity contribution in [3.05, 3.63) is 78.3 Å². The van der Waals surface area contributed by atoms with Gasteiger partial charge in [-0.2, -0.15) is 5.26 Å². The van der Waals surface area contributed by atoms with Gasteiger partial charge < -0.3 is 19.7 Å². The first-order valence-electron chi connectivity index (χ1n) is 13.5. The van der Waals surface area contributed by atoms with Crippen molar-refractivity contribution >= 4 is 24.4 Å². The van der Waals surface area contributed by atoms with E-state index in [1.54, 1.807) is 6.26 Å². The van der Waals surface area contributed by atoms with E-state index in [4.69, 9.17) is 14.9 Å². The van der Waals surface area contributed by atoms with Crippen LogP contribution in [0.1, 0.15) is 70.1 Å². The van der Waals surface area contributed by atoms with E-state index in [-0.39, 0.29) is 16.7 Å². The standard InChI is InChI=1S/C31H40N2O3Si/c1-4-5-16-35-21-25-18-23(28-22-36-29(20-32)30(28)33)17-24(25)19-31(2,3)37(34,26-12-8-6-9-13-26)27-14-10-7-11-15-27/h6-15,22-25,34H,4-5,16-19,21,33H2,1-3H3/t23?,24-,25-/m0/s1. The van der Waals surface area contributed by atoms with Crippen molar-refractivity contribution in [1.29, 1.82) is 5.26 Å². The highest BCUT2D eigenvalue weighted by Crippen LogP contribution is 2.52. The molecule has 6 heteroatoms. The van der Waals surface area contributed by atoms with Gasteiger partial charge >= 0.3 is 0 Å². The number of rotatable bonds is 11. The fraction of sp³-hybridized carbons (Fsp3) is 0.452. The first-order chi connectivity index (χ1) is 17.8. The van der Waals surface area contributed by atoms with Crippen molar-refractivity contribution < 1.29 is 13.9 Å². The van der Waals surface area contributed by atoms with Crippen LogP contribution in [0, 0.1) is 23.2 Å². The smallest absolute Gasteiger partial charge is 0.258 e. The monoisotopic (exact) mass is 516 g/mol. The van der Waals surface area contributed by atoms with Crippen molar-refractivity contribution in [3.8, 4) is 6.07 Å². The number of nitriles is 1. The van der Waals surface area contributed by atoms with Crippen LogP contribution in [-0.4, -0.2) is 26.3 Å². The molecule has 0 radical (unpaired) electrons. The summed E-state index contributed by atoms with van der Waals surface area (Å²) in [6.07, 6.45) is 6.59. The molecule has 1 aromatic heterocycles. The number of hydrogen-bond donors (Lipinski definition) is 2. The van der Waals surface area contributed by atoms with E-state index < -0.39 is 8.32 Å². The molecule has 1 unspecified atom stereocenters. The highest BCUT2D eigenvalue weighted by atomic mass is 28.4. The van der Waals surface area contributed by atoms with Crippen LogP contribution in [0.15, 0.2) is 71.3 Å². The van der Waals surface area contributed by atoms with Gasteiger partial charge in [-0.25, -0.2) is 0 Å². The predicted molar refractivity (Wildman–Crippen MR) is 151 cm³/mol. The Kier molecular flexibility index (Phi) is 8.59. The first kappa shape index (κ1) is 27.2. The Labute approximate surface area is 222 Å². The highest BCUT2D eigenvalue weighted by Gasteiger charge is 2.52. The molecule has 3 aromatic rings. The molecule has 4 rings (SSSR count). The molecule has 0 amide bonds. The number of unbranched alkanes of at least 4 members (excludes halogenated alkanes) is 1. The molecule has 1 aliphatic carbocycles. The Hall–Kier alpha value is -2.85. The Morgan fingerprint density at radius 1 is 1.05 bits per heavy atom. The van der Waals surface area contributed by atoms with E-state index in [9.17, 15) is 10.1 Å². The maximum Gasteiger partial charge on any atom is 0.258 e. The van der Waals surface area contributed by atoms with Gasteiger partial charge in [0.25, 0.3) is 8.32 Å². The summed E-state index contributed by atoms with van der Waals surface area (Å²) in [7, 11) is -3.11. The maximum absolute atomic E-state index is 12.7. The lowest BCUT2D eigenvalue weighted by Gasteiger charge is -2.43. The number of nitrogen functional groups attached to an aromatic ring is 1. The molecule has 37 heavy (non-hydrogen) atoms. The van der Waals surface area contributed by atoms with Gasteiger partial charge in [0.05, 0.1) is 12.0 Å². The molecule has 0 saturated heterocycles. The SMILES string of the molecule is CCCCOC[C@@H]1CC(c2coc(C#N)c2N)C[C@H]1CC(C)(C)[Si](O)(c1ccccc1)c1ccccc1. The van der Waals surface area contributed by atoms with Crippen molar-refractivity contribution in [2.24, 2.45) is 11.8 Å². The Morgan fingerprint density at radius 2 is 1.65 bits per heavy atom. The second kappa shape index (κ2) is 11.7. The number of nitrogens with two attached hydrogens (primary N) is 1. The summed E-state index contributed by atoms with van der Waals surface area (Å²) in [6, 6.07) is 22.5. The van der Waals surface area contributed by atoms with Crippen LogP contribution in [0.2, 0.25) is 5.04 Å². The fourth-order valence-corrected chi connectivity index (χ4v) is 10.1. The van der Waals surface area contributed by atoms with Gasteiger partial charge in [-0.15, -0.1) is 0 Å². The third-order valence-corrected chi connectivity index (χ3v) is 12.9. The maximum atomic E-state index is 12.7. The molecular weight excluding hydrogens is 476 g/mol. The molecular formula is C31H40N2O3Si. The van der Waals surface area contributed by atoms with Gasteiger partial charge in [0.1, 0.15) is 6.07 Å². The van der Waals surface area contributed by atoms with E-state index in [1.807, 2.05) is 36.4 Å². The second-order valence-electron chi connectivity index (χ2n) is 11.2. The summed E-state index contributed by atoms with van der Waals surface area (Å²) in [4.78, 5) is 12.7. The van der Waals surface area contributed by atoms with Gasteiger partial charge in [-0.1, -0.05) is 87.9 Å². The number of benzene rings is 2. The third-order valence-electron chi connectivity index (χ3n) is 8.35. The van der Waals surface area contributed by atoms with E-state index in [0.717, 1.165) is 54.6 Å². The van der Waals surface area contributed by atoms with Gasteiger partial charge in [-0.05, 0) is 58.8 Å². The summed E-state index contributed by atoms with van der Waals surface area (Å²) in [5.41, 5.74) is 7.70. The lowest BCUT2D eigenvalue weighted by atomic mass is 9.87. The molecule has 1 heterocycles. The van der Waals surface area contributed by atoms with Crippen LogP contribution in [0.4, 0.5) is 5.69 Å². The molecule has 1 fully saturated rings. The van der Waals surface area contributed by atoms with Crippen molar-refractivity contribution in [1.82, 2.24) is 0 Å². The van der Waals surface area contributed by atoms with Gasteiger partial charge in [0, 0.05) is 18.8 Å². The number of nitrogens with zero attached hydrogens (tertiary/aromatic N) is 1. The largest absolute Gasteiger partial charge is 0.451 e. The van der Waals surface area contributed by atoms with Crippen LogP contribution in [0.25, 0.3) is 0 Å². The minimum absolute atomic E-state index is 0.199. The average Bonchev–Trinajstić information content (AvgIpc) is 3.48. The topological polar surface area (TPSA) is 92.4 Å². The van der Waals surface area contributed by atoms with E-state index in [1.165, 1.54) is 0 Å². The molecule has 2 aromatic carbocycles. The Morgan fingerprint density at radius 3 is 2.19 bits per heavy atom. The zero-order valence-electron chi connectivity index (χ0n) is 22.3. The summed E-state index contributed by atoms with van der Waals surface area (Å²) < 4.78 is 11.6. The van der Waals surface area contributed by atoms with Crippen LogP contribution < -0.4 is 16.1 Å². The Bertz CT molecular complexity index is 1150. The molecule has 1 aliphatic rings. The third kappa shape index (κ3) is 5.55. The molecule has 0 bridgehead atoms. The number of anilines is 1. The van der Waals surface area contributed by atoms with Gasteiger partial charge in [0.15, 0.2) is 0 Å². The van der Waals surface area contributed by atoms with Crippen LogP contribution in [0.5, 0.6) is 0 Å². The molecule has 3 N–H and O–H groups in total. The molecule has 3 atom stereocenters. The zero-order valence-corrected chi connectivity index (χ0v) is 23.3. The normalized spacial score (nSPS) is 20.1. The zero-order chi connectivity index (χ0) is 26.5. The summed E-state index contributed by atoms with van der Waals surface area (Å²) in [5.74, 6) is 1.12. The van der Waals surface area contributed by atoms with Crippen LogP contribution in [0.3, 0.4) is 0 Å². The first-order valence-corrected chi connectivity index (χ1v) is 15.4. The minimum Gasteiger partial charge on any atom is -0.451 e. The lowest BCUT2D eigenvalue weighted by molar-refractivity contribution is 0.0796. The predicted octanol–water partition coefficient (Wildman–Crippen LogP) is 5.58. The summed E-state index contributed by atoms with van der Waals surface area (Å²) in [6.45, 7) is 8.13. The molecule has 5 nitrogen and oxygen atoms in total. The number of ether oxygens (including phenoxy) is 1. The minimum atomic E-state index is -3.11. The van der Waals surface area contributed by atoms with Crippen molar-refractivity contribution in [2.75, 3.05) is 18.9 Å². The molecule has 196 valence electrons. The van der Waals surface area contributed by atoms with E-state index in [2.05, 4.69) is 51.1 Å². The summed E-state index contributed by atoms with van der Waals surface area (Å²) >= 11 is 0. The Balaban J connectivity index is 1.65. The van der Waals surface area contributed by atoms with Crippen molar-refractivity contribution in [3.63, 3.8) is 0 Å². The van der Waals surface area contributed by atoms with Gasteiger partial charge in [-0.3, -0.25) is 0 Å². The molecule has 1 saturated carbocycles. The number of hydrogen-bond acceptors (Lipinski definition) is 5. The molecule has 0 aliphatic heterocycles. The van der Waals surface area contributed by atoms with Crippen LogP contribution >= 0.6 is 0 Å². The number of furan rings is 1. The quantitative estimate of drug-likeness (QED) is 0.256. The average molecular weight is 517 g/mol. The summed E-state index contributed by atoms with van der Waals surface area (Å²) in [5, 5.41) is 11.1. The fourth-order valence-electron chi connectivity index (χ4n) is 6.29. The van der Waals surface area contributed by atoms with E-state index in [0.29, 0.717) is 24.1 Å².